The fourth-order valence-corrected chi connectivity index (χ4v) is 4.47. The molecule has 2 aliphatic rings. The molecule has 1 atom stereocenters. The summed E-state index contributed by atoms with van der Waals surface area (Å²) in [5.74, 6) is 2.62. The van der Waals surface area contributed by atoms with Crippen molar-refractivity contribution in [3.63, 3.8) is 0 Å². The Bertz CT molecular complexity index is 721. The van der Waals surface area contributed by atoms with Crippen LogP contribution < -0.4 is 0 Å². The number of carbonyl (C=O) groups excluding carboxylic acids is 1. The number of nitrogens with zero attached hydrogens (tertiary/aromatic N) is 4. The summed E-state index contributed by atoms with van der Waals surface area (Å²) < 4.78 is 2.06. The van der Waals surface area contributed by atoms with Gasteiger partial charge in [-0.25, -0.2) is 0 Å². The van der Waals surface area contributed by atoms with E-state index in [1.807, 2.05) is 18.2 Å². The van der Waals surface area contributed by atoms with Gasteiger partial charge in [-0.1, -0.05) is 43.9 Å². The van der Waals surface area contributed by atoms with Gasteiger partial charge in [0.1, 0.15) is 12.2 Å². The molecule has 1 aliphatic heterocycles. The first-order valence-electron chi connectivity index (χ1n) is 10.0. The Hall–Kier alpha value is -2.17. The van der Waals surface area contributed by atoms with Crippen molar-refractivity contribution in [1.29, 1.82) is 0 Å². The van der Waals surface area contributed by atoms with Crippen LogP contribution in [-0.4, -0.2) is 38.7 Å². The first kappa shape index (κ1) is 17.3. The third-order valence-corrected chi connectivity index (χ3v) is 6.00. The Morgan fingerprint density at radius 1 is 1.08 bits per heavy atom. The van der Waals surface area contributed by atoms with Crippen LogP contribution in [0.3, 0.4) is 0 Å². The number of benzene rings is 1. The zero-order valence-corrected chi connectivity index (χ0v) is 15.4. The van der Waals surface area contributed by atoms with Crippen molar-refractivity contribution in [2.75, 3.05) is 13.1 Å². The molecule has 1 saturated heterocycles. The van der Waals surface area contributed by atoms with Crippen molar-refractivity contribution in [3.05, 3.63) is 42.5 Å². The van der Waals surface area contributed by atoms with Crippen molar-refractivity contribution < 1.29 is 4.79 Å². The lowest BCUT2D eigenvalue weighted by Crippen LogP contribution is -2.29. The summed E-state index contributed by atoms with van der Waals surface area (Å²) in [7, 11) is 0. The zero-order chi connectivity index (χ0) is 17.8. The van der Waals surface area contributed by atoms with Gasteiger partial charge < -0.3 is 4.90 Å². The normalized spacial score (nSPS) is 20.8. The van der Waals surface area contributed by atoms with Crippen LogP contribution in [0, 0.1) is 11.8 Å². The van der Waals surface area contributed by atoms with Crippen LogP contribution in [0.1, 0.15) is 50.8 Å². The summed E-state index contributed by atoms with van der Waals surface area (Å²) in [6.45, 7) is 1.76. The maximum atomic E-state index is 12.5. The molecule has 1 aromatic heterocycles. The number of carbonyl (C=O) groups is 1. The quantitative estimate of drug-likeness (QED) is 0.798. The Labute approximate surface area is 155 Å². The average molecular weight is 352 g/mol. The molecule has 1 saturated carbocycles. The number of para-hydroxylation sites is 1. The molecule has 5 heteroatoms. The van der Waals surface area contributed by atoms with E-state index in [-0.39, 0.29) is 0 Å². The molecule has 1 amide bonds. The van der Waals surface area contributed by atoms with E-state index in [0.717, 1.165) is 56.2 Å². The Kier molecular flexibility index (Phi) is 5.32. The minimum Gasteiger partial charge on any atom is -0.342 e. The van der Waals surface area contributed by atoms with Gasteiger partial charge in [0.05, 0.1) is 0 Å². The monoisotopic (exact) mass is 352 g/mol. The van der Waals surface area contributed by atoms with Crippen LogP contribution in [0.2, 0.25) is 0 Å². The highest BCUT2D eigenvalue weighted by molar-refractivity contribution is 5.76. The number of hydrogen-bond donors (Lipinski definition) is 0. The molecule has 26 heavy (non-hydrogen) atoms. The van der Waals surface area contributed by atoms with E-state index in [1.165, 1.54) is 25.7 Å². The summed E-state index contributed by atoms with van der Waals surface area (Å²) in [5, 5.41) is 8.42. The highest BCUT2D eigenvalue weighted by Crippen LogP contribution is 2.29. The molecular formula is C21H28N4O. The van der Waals surface area contributed by atoms with Gasteiger partial charge >= 0.3 is 0 Å². The SMILES string of the molecule is O=C(CCC1CCCC1)N1CCC(Cc2nncn2-c2ccccc2)C1. The average Bonchev–Trinajstić information content (AvgIpc) is 3.43. The van der Waals surface area contributed by atoms with E-state index in [4.69, 9.17) is 0 Å². The van der Waals surface area contributed by atoms with Crippen molar-refractivity contribution in [2.24, 2.45) is 11.8 Å². The lowest BCUT2D eigenvalue weighted by Gasteiger charge is -2.18. The lowest BCUT2D eigenvalue weighted by atomic mass is 10.0. The zero-order valence-electron chi connectivity index (χ0n) is 15.4. The molecule has 5 nitrogen and oxygen atoms in total. The molecule has 2 heterocycles. The molecule has 4 rings (SSSR count). The fraction of sp³-hybridized carbons (Fsp3) is 0.571. The smallest absolute Gasteiger partial charge is 0.222 e. The molecular weight excluding hydrogens is 324 g/mol. The van der Waals surface area contributed by atoms with E-state index < -0.39 is 0 Å². The Balaban J connectivity index is 1.31. The first-order chi connectivity index (χ1) is 12.8. The molecule has 1 unspecified atom stereocenters. The third-order valence-electron chi connectivity index (χ3n) is 6.00. The largest absolute Gasteiger partial charge is 0.342 e. The molecule has 2 fully saturated rings. The molecule has 0 spiro atoms. The second-order valence-corrected chi connectivity index (χ2v) is 7.84. The summed E-state index contributed by atoms with van der Waals surface area (Å²) in [6, 6.07) is 10.2. The predicted molar refractivity (Wildman–Crippen MR) is 101 cm³/mol. The summed E-state index contributed by atoms with van der Waals surface area (Å²) in [4.78, 5) is 14.6. The number of rotatable bonds is 6. The van der Waals surface area contributed by atoms with E-state index >= 15 is 0 Å². The van der Waals surface area contributed by atoms with Crippen molar-refractivity contribution in [2.45, 2.75) is 51.4 Å². The van der Waals surface area contributed by atoms with E-state index in [0.29, 0.717) is 11.8 Å². The highest BCUT2D eigenvalue weighted by Gasteiger charge is 2.28. The van der Waals surface area contributed by atoms with Gasteiger partial charge in [-0.05, 0) is 36.8 Å². The summed E-state index contributed by atoms with van der Waals surface area (Å²) in [6.07, 6.45) is 10.9. The topological polar surface area (TPSA) is 51.0 Å². The predicted octanol–water partition coefficient (Wildman–Crippen LogP) is 3.63. The fourth-order valence-electron chi connectivity index (χ4n) is 4.47. The van der Waals surface area contributed by atoms with E-state index in [1.54, 1.807) is 6.33 Å². The van der Waals surface area contributed by atoms with Crippen LogP contribution >= 0.6 is 0 Å². The van der Waals surface area contributed by atoms with Gasteiger partial charge in [0.2, 0.25) is 5.91 Å². The van der Waals surface area contributed by atoms with Crippen molar-refractivity contribution in [3.8, 4) is 5.69 Å². The van der Waals surface area contributed by atoms with E-state index in [9.17, 15) is 4.79 Å². The van der Waals surface area contributed by atoms with Gasteiger partial charge in [-0.15, -0.1) is 10.2 Å². The molecule has 0 N–H and O–H groups in total. The van der Waals surface area contributed by atoms with Crippen molar-refractivity contribution in [1.82, 2.24) is 19.7 Å². The number of aromatic nitrogens is 3. The molecule has 1 aromatic carbocycles. The standard InChI is InChI=1S/C21H28N4O/c26-21(11-10-17-6-4-5-7-17)24-13-12-18(15-24)14-20-23-22-16-25(20)19-8-2-1-3-9-19/h1-3,8-9,16-18H,4-7,10-15H2. The van der Waals surface area contributed by atoms with Gasteiger partial charge in [-0.3, -0.25) is 9.36 Å². The Morgan fingerprint density at radius 3 is 2.69 bits per heavy atom. The van der Waals surface area contributed by atoms with Crippen LogP contribution in [-0.2, 0) is 11.2 Å². The third kappa shape index (κ3) is 3.97. The van der Waals surface area contributed by atoms with Gasteiger partial charge in [0, 0.05) is 31.6 Å². The molecule has 1 aliphatic carbocycles. The molecule has 0 bridgehead atoms. The van der Waals surface area contributed by atoms with Crippen molar-refractivity contribution >= 4 is 5.91 Å². The summed E-state index contributed by atoms with van der Waals surface area (Å²) >= 11 is 0. The Morgan fingerprint density at radius 2 is 1.88 bits per heavy atom. The van der Waals surface area contributed by atoms with Gasteiger partial charge in [0.15, 0.2) is 0 Å². The summed E-state index contributed by atoms with van der Waals surface area (Å²) in [5.41, 5.74) is 1.09. The van der Waals surface area contributed by atoms with Crippen LogP contribution in [0.4, 0.5) is 0 Å². The number of likely N-dealkylation sites (tertiary alicyclic amines) is 1. The second kappa shape index (κ2) is 8.02. The maximum absolute atomic E-state index is 12.5. The van der Waals surface area contributed by atoms with Gasteiger partial charge in [0.25, 0.3) is 0 Å². The molecule has 138 valence electrons. The lowest BCUT2D eigenvalue weighted by molar-refractivity contribution is -0.130. The van der Waals surface area contributed by atoms with Gasteiger partial charge in [-0.2, -0.15) is 0 Å². The van der Waals surface area contributed by atoms with Crippen LogP contribution in [0.15, 0.2) is 36.7 Å². The van der Waals surface area contributed by atoms with Crippen LogP contribution in [0.25, 0.3) is 5.69 Å². The first-order valence-corrected chi connectivity index (χ1v) is 10.0. The molecule has 2 aromatic rings. The number of amides is 1. The minimum atomic E-state index is 0.351. The molecule has 0 radical (unpaired) electrons. The van der Waals surface area contributed by atoms with Crippen LogP contribution in [0.5, 0.6) is 0 Å². The maximum Gasteiger partial charge on any atom is 0.222 e. The minimum absolute atomic E-state index is 0.351. The highest BCUT2D eigenvalue weighted by atomic mass is 16.2. The van der Waals surface area contributed by atoms with E-state index in [2.05, 4.69) is 31.8 Å². The number of hydrogen-bond acceptors (Lipinski definition) is 3. The second-order valence-electron chi connectivity index (χ2n) is 7.84.